The first-order chi connectivity index (χ1) is 12.4. The van der Waals surface area contributed by atoms with Crippen molar-refractivity contribution in [3.63, 3.8) is 0 Å². The summed E-state index contributed by atoms with van der Waals surface area (Å²) in [5.74, 6) is 1.39. The number of aryl methyl sites for hydroxylation is 2. The van der Waals surface area contributed by atoms with Crippen LogP contribution in [0.15, 0.2) is 28.7 Å². The van der Waals surface area contributed by atoms with Gasteiger partial charge in [-0.1, -0.05) is 6.07 Å². The van der Waals surface area contributed by atoms with Crippen molar-refractivity contribution < 1.29 is 28.5 Å². The summed E-state index contributed by atoms with van der Waals surface area (Å²) in [6.07, 6.45) is 0. The Kier molecular flexibility index (Phi) is 4.50. The molecule has 0 fully saturated rings. The molecule has 26 heavy (non-hydrogen) atoms. The molecule has 0 aliphatic carbocycles. The zero-order valence-electron chi connectivity index (χ0n) is 15.3. The number of hydrogen-bond acceptors (Lipinski definition) is 6. The Bertz CT molecular complexity index is 974. The van der Waals surface area contributed by atoms with Crippen LogP contribution in [0.4, 0.5) is 0 Å². The number of hydrogen-bond donors (Lipinski definition) is 1. The maximum atomic E-state index is 13.2. The fourth-order valence-electron chi connectivity index (χ4n) is 3.00. The van der Waals surface area contributed by atoms with Gasteiger partial charge in [-0.3, -0.25) is 4.79 Å². The number of aromatic hydroxyl groups is 1. The molecule has 0 spiro atoms. The van der Waals surface area contributed by atoms with E-state index in [1.165, 1.54) is 21.3 Å². The fraction of sp³-hybridized carbons (Fsp3) is 0.250. The monoisotopic (exact) mass is 356 g/mol. The average molecular weight is 356 g/mol. The lowest BCUT2D eigenvalue weighted by Crippen LogP contribution is -2.05. The minimum atomic E-state index is -0.260. The van der Waals surface area contributed by atoms with E-state index in [4.69, 9.17) is 18.6 Å². The first-order valence-electron chi connectivity index (χ1n) is 7.99. The van der Waals surface area contributed by atoms with Crippen molar-refractivity contribution in [2.75, 3.05) is 21.3 Å². The number of phenols is 1. The van der Waals surface area contributed by atoms with Crippen molar-refractivity contribution in [1.82, 2.24) is 0 Å². The van der Waals surface area contributed by atoms with Crippen molar-refractivity contribution >= 4 is 16.8 Å². The Labute approximate surface area is 150 Å². The number of methoxy groups -OCH3 is 3. The van der Waals surface area contributed by atoms with E-state index in [1.807, 2.05) is 0 Å². The van der Waals surface area contributed by atoms with E-state index in [0.717, 1.165) is 0 Å². The van der Waals surface area contributed by atoms with Crippen LogP contribution in [0.2, 0.25) is 0 Å². The molecule has 0 aliphatic heterocycles. The zero-order chi connectivity index (χ0) is 19.0. The molecular formula is C20H20O6. The third-order valence-corrected chi connectivity index (χ3v) is 4.36. The number of benzene rings is 2. The standard InChI is InChI=1S/C20H20O6/c1-10-6-7-13-16(11(2)26-19(13)17(10)21)18(22)12-8-14(23-3)20(25-5)15(9-12)24-4/h6-9,21H,1-5H3. The quantitative estimate of drug-likeness (QED) is 0.696. The molecule has 1 aromatic heterocycles. The van der Waals surface area contributed by atoms with Gasteiger partial charge in [0.15, 0.2) is 28.6 Å². The van der Waals surface area contributed by atoms with Gasteiger partial charge < -0.3 is 23.7 Å². The van der Waals surface area contributed by atoms with Crippen molar-refractivity contribution in [2.24, 2.45) is 0 Å². The van der Waals surface area contributed by atoms with Crippen LogP contribution in [0, 0.1) is 13.8 Å². The van der Waals surface area contributed by atoms with Crippen LogP contribution < -0.4 is 14.2 Å². The van der Waals surface area contributed by atoms with Gasteiger partial charge in [-0.15, -0.1) is 0 Å². The highest BCUT2D eigenvalue weighted by Crippen LogP contribution is 2.40. The second kappa shape index (κ2) is 6.63. The highest BCUT2D eigenvalue weighted by atomic mass is 16.5. The molecule has 2 aromatic carbocycles. The number of ether oxygens (including phenoxy) is 3. The summed E-state index contributed by atoms with van der Waals surface area (Å²) in [5, 5.41) is 10.8. The van der Waals surface area contributed by atoms with Gasteiger partial charge in [0.05, 0.1) is 26.9 Å². The minimum Gasteiger partial charge on any atom is -0.504 e. The minimum absolute atomic E-state index is 0.0366. The molecule has 0 aliphatic rings. The van der Waals surface area contributed by atoms with Crippen LogP contribution in [0.25, 0.3) is 11.0 Å². The maximum Gasteiger partial charge on any atom is 0.203 e. The van der Waals surface area contributed by atoms with Crippen LogP contribution in [-0.2, 0) is 0 Å². The lowest BCUT2D eigenvalue weighted by molar-refractivity contribution is 0.103. The van der Waals surface area contributed by atoms with E-state index < -0.39 is 0 Å². The van der Waals surface area contributed by atoms with Crippen molar-refractivity contribution in [3.8, 4) is 23.0 Å². The van der Waals surface area contributed by atoms with Gasteiger partial charge in [0.1, 0.15) is 5.76 Å². The summed E-state index contributed by atoms with van der Waals surface area (Å²) in [6, 6.07) is 6.71. The van der Waals surface area contributed by atoms with E-state index in [-0.39, 0.29) is 11.5 Å². The maximum absolute atomic E-state index is 13.2. The second-order valence-electron chi connectivity index (χ2n) is 5.88. The fourth-order valence-corrected chi connectivity index (χ4v) is 3.00. The first-order valence-corrected chi connectivity index (χ1v) is 7.99. The van der Waals surface area contributed by atoms with Crippen LogP contribution in [0.5, 0.6) is 23.0 Å². The number of furan rings is 1. The Morgan fingerprint density at radius 1 is 1.00 bits per heavy atom. The van der Waals surface area contributed by atoms with Crippen LogP contribution in [0.1, 0.15) is 27.2 Å². The number of rotatable bonds is 5. The summed E-state index contributed by atoms with van der Waals surface area (Å²) >= 11 is 0. The van der Waals surface area contributed by atoms with E-state index in [1.54, 1.807) is 38.1 Å². The molecule has 1 heterocycles. The summed E-state index contributed by atoms with van der Waals surface area (Å²) in [5.41, 5.74) is 1.74. The Morgan fingerprint density at radius 3 is 2.15 bits per heavy atom. The van der Waals surface area contributed by atoms with Gasteiger partial charge in [-0.2, -0.15) is 0 Å². The molecule has 0 saturated heterocycles. The number of phenolic OH excluding ortho intramolecular Hbond substituents is 1. The molecule has 6 heteroatoms. The predicted octanol–water partition coefficient (Wildman–Crippen LogP) is 4.01. The van der Waals surface area contributed by atoms with Crippen LogP contribution in [0.3, 0.4) is 0 Å². The smallest absolute Gasteiger partial charge is 0.203 e. The molecule has 0 amide bonds. The SMILES string of the molecule is COc1cc(C(=O)c2c(C)oc3c(O)c(C)ccc23)cc(OC)c1OC. The summed E-state index contributed by atoms with van der Waals surface area (Å²) < 4.78 is 21.6. The summed E-state index contributed by atoms with van der Waals surface area (Å²) in [7, 11) is 4.48. The van der Waals surface area contributed by atoms with Gasteiger partial charge in [-0.25, -0.2) is 0 Å². The van der Waals surface area contributed by atoms with E-state index in [2.05, 4.69) is 0 Å². The Balaban J connectivity index is 2.21. The van der Waals surface area contributed by atoms with Crippen molar-refractivity contribution in [2.45, 2.75) is 13.8 Å². The van der Waals surface area contributed by atoms with Crippen LogP contribution in [-0.4, -0.2) is 32.2 Å². The molecule has 3 rings (SSSR count). The van der Waals surface area contributed by atoms with Crippen LogP contribution >= 0.6 is 0 Å². The number of ketones is 1. The first kappa shape index (κ1) is 17.7. The number of carbonyl (C=O) groups is 1. The average Bonchev–Trinajstić information content (AvgIpc) is 2.99. The molecule has 136 valence electrons. The molecule has 6 nitrogen and oxygen atoms in total. The predicted molar refractivity (Wildman–Crippen MR) is 96.9 cm³/mol. The normalized spacial score (nSPS) is 10.8. The summed E-state index contributed by atoms with van der Waals surface area (Å²) in [6.45, 7) is 3.47. The Hall–Kier alpha value is -3.15. The molecule has 0 saturated carbocycles. The lowest BCUT2D eigenvalue weighted by atomic mass is 9.99. The molecular weight excluding hydrogens is 336 g/mol. The second-order valence-corrected chi connectivity index (χ2v) is 5.88. The zero-order valence-corrected chi connectivity index (χ0v) is 15.3. The topological polar surface area (TPSA) is 78.1 Å². The van der Waals surface area contributed by atoms with Crippen molar-refractivity contribution in [1.29, 1.82) is 0 Å². The van der Waals surface area contributed by atoms with Gasteiger partial charge in [0.25, 0.3) is 0 Å². The Morgan fingerprint density at radius 2 is 1.62 bits per heavy atom. The summed E-state index contributed by atoms with van der Waals surface area (Å²) in [4.78, 5) is 13.2. The molecule has 0 radical (unpaired) electrons. The van der Waals surface area contributed by atoms with Gasteiger partial charge in [0, 0.05) is 10.9 Å². The van der Waals surface area contributed by atoms with E-state index >= 15 is 0 Å². The molecule has 1 N–H and O–H groups in total. The van der Waals surface area contributed by atoms with Gasteiger partial charge >= 0.3 is 0 Å². The third-order valence-electron chi connectivity index (χ3n) is 4.36. The van der Waals surface area contributed by atoms with Crippen molar-refractivity contribution in [3.05, 3.63) is 46.7 Å². The lowest BCUT2D eigenvalue weighted by Gasteiger charge is -2.13. The number of carbonyl (C=O) groups excluding carboxylic acids is 1. The van der Waals surface area contributed by atoms with Gasteiger partial charge in [-0.05, 0) is 37.6 Å². The van der Waals surface area contributed by atoms with E-state index in [9.17, 15) is 9.90 Å². The molecule has 0 atom stereocenters. The molecule has 3 aromatic rings. The molecule has 0 unspecified atom stereocenters. The van der Waals surface area contributed by atoms with E-state index in [0.29, 0.717) is 50.7 Å². The highest BCUT2D eigenvalue weighted by Gasteiger charge is 2.24. The largest absolute Gasteiger partial charge is 0.504 e. The third kappa shape index (κ3) is 2.63. The highest BCUT2D eigenvalue weighted by molar-refractivity contribution is 6.17. The number of fused-ring (bicyclic) bond motifs is 1. The molecule has 0 bridgehead atoms. The van der Waals surface area contributed by atoms with Gasteiger partial charge in [0.2, 0.25) is 5.75 Å².